The van der Waals surface area contributed by atoms with Gasteiger partial charge in [0.25, 0.3) is 0 Å². The minimum atomic E-state index is -0.337. The third kappa shape index (κ3) is 2.59. The van der Waals surface area contributed by atoms with E-state index in [-0.39, 0.29) is 17.6 Å². The Bertz CT molecular complexity index is 1050. The summed E-state index contributed by atoms with van der Waals surface area (Å²) in [5, 5.41) is 17.5. The van der Waals surface area contributed by atoms with Gasteiger partial charge in [-0.1, -0.05) is 6.07 Å². The van der Waals surface area contributed by atoms with Crippen LogP contribution in [0.2, 0.25) is 0 Å². The van der Waals surface area contributed by atoms with Crippen molar-refractivity contribution in [2.24, 2.45) is 0 Å². The van der Waals surface area contributed by atoms with Gasteiger partial charge in [-0.2, -0.15) is 4.98 Å². The summed E-state index contributed by atoms with van der Waals surface area (Å²) in [6.07, 6.45) is 5.69. The van der Waals surface area contributed by atoms with Gasteiger partial charge in [0.1, 0.15) is 11.8 Å². The van der Waals surface area contributed by atoms with Crippen LogP contribution in [-0.2, 0) is 4.79 Å². The Kier molecular flexibility index (Phi) is 3.53. The molecule has 7 heteroatoms. The number of phenolic OH excluding ortho intramolecular Hbond substituents is 1. The molecule has 0 amide bonds. The minimum Gasteiger partial charge on any atom is -0.508 e. The topological polar surface area (TPSA) is 92.9 Å². The molecule has 0 bridgehead atoms. The molecule has 5 rings (SSSR count). The van der Waals surface area contributed by atoms with Gasteiger partial charge >= 0.3 is 0 Å². The molecule has 1 aliphatic carbocycles. The van der Waals surface area contributed by atoms with E-state index in [0.717, 1.165) is 35.2 Å². The maximum Gasteiger partial charge on any atom is 0.226 e. The van der Waals surface area contributed by atoms with Crippen LogP contribution < -0.4 is 5.32 Å². The molecule has 1 atom stereocenters. The van der Waals surface area contributed by atoms with Gasteiger partial charge in [-0.3, -0.25) is 9.78 Å². The van der Waals surface area contributed by atoms with Gasteiger partial charge in [-0.15, -0.1) is 5.10 Å². The number of aromatic nitrogens is 4. The molecule has 0 spiro atoms. The molecule has 1 unspecified atom stereocenters. The van der Waals surface area contributed by atoms with Crippen molar-refractivity contribution in [3.8, 4) is 17.1 Å². The van der Waals surface area contributed by atoms with E-state index in [1.807, 2.05) is 12.1 Å². The summed E-state index contributed by atoms with van der Waals surface area (Å²) in [6.45, 7) is 0. The quantitative estimate of drug-likeness (QED) is 0.730. The number of fused-ring (bicyclic) bond motifs is 1. The zero-order valence-electron chi connectivity index (χ0n) is 14.5. The smallest absolute Gasteiger partial charge is 0.226 e. The number of anilines is 1. The molecule has 1 aliphatic heterocycles. The number of nitrogens with zero attached hydrogens (tertiary/aromatic N) is 4. The van der Waals surface area contributed by atoms with Crippen LogP contribution in [0, 0.1) is 0 Å². The van der Waals surface area contributed by atoms with Crippen molar-refractivity contribution in [1.82, 2.24) is 19.7 Å². The number of hydrogen-bond donors (Lipinski definition) is 2. The third-order valence-corrected chi connectivity index (χ3v) is 4.99. The summed E-state index contributed by atoms with van der Waals surface area (Å²) < 4.78 is 1.77. The molecule has 1 aromatic carbocycles. The molecule has 2 aromatic heterocycles. The lowest BCUT2D eigenvalue weighted by molar-refractivity contribution is -0.116. The number of pyridine rings is 1. The zero-order valence-corrected chi connectivity index (χ0v) is 14.5. The normalized spacial score (nSPS) is 18.7. The fraction of sp³-hybridized carbons (Fsp3) is 0.200. The first kappa shape index (κ1) is 15.7. The highest BCUT2D eigenvalue weighted by atomic mass is 16.3. The van der Waals surface area contributed by atoms with Crippen LogP contribution in [0.5, 0.6) is 5.75 Å². The van der Waals surface area contributed by atoms with Crippen LogP contribution in [0.1, 0.15) is 30.9 Å². The lowest BCUT2D eigenvalue weighted by Gasteiger charge is -2.31. The van der Waals surface area contributed by atoms with Crippen LogP contribution >= 0.6 is 0 Å². The highest BCUT2D eigenvalue weighted by molar-refractivity contribution is 5.99. The van der Waals surface area contributed by atoms with Crippen LogP contribution in [0.25, 0.3) is 11.4 Å². The van der Waals surface area contributed by atoms with Crippen LogP contribution in [-0.4, -0.2) is 30.6 Å². The number of carbonyl (C=O) groups is 1. The van der Waals surface area contributed by atoms with Crippen molar-refractivity contribution in [2.45, 2.75) is 25.3 Å². The number of phenols is 1. The van der Waals surface area contributed by atoms with E-state index < -0.39 is 0 Å². The van der Waals surface area contributed by atoms with Gasteiger partial charge in [0.2, 0.25) is 5.95 Å². The first-order valence-electron chi connectivity index (χ1n) is 8.90. The van der Waals surface area contributed by atoms with Gasteiger partial charge in [0.05, 0.1) is 0 Å². The average Bonchev–Trinajstić information content (AvgIpc) is 3.11. The van der Waals surface area contributed by atoms with E-state index >= 15 is 0 Å². The molecule has 134 valence electrons. The standard InChI is InChI=1S/C20H17N5O2/c26-14-8-6-12(7-9-14)19-23-20-22-15-4-1-5-16(27)17(15)18(25(20)24-19)13-3-2-10-21-11-13/h2-3,6-11,18,26H,1,4-5H2,(H,22,23,24). The SMILES string of the molecule is O=C1CCCC2=C1C(c1cccnc1)n1nc(-c3ccc(O)cc3)nc1N2. The van der Waals surface area contributed by atoms with Crippen molar-refractivity contribution in [2.75, 3.05) is 5.32 Å². The maximum atomic E-state index is 12.7. The maximum absolute atomic E-state index is 12.7. The van der Waals surface area contributed by atoms with E-state index in [2.05, 4.69) is 20.4 Å². The highest BCUT2D eigenvalue weighted by Crippen LogP contribution is 2.40. The Morgan fingerprint density at radius 2 is 2.00 bits per heavy atom. The molecule has 0 radical (unpaired) electrons. The number of nitrogens with one attached hydrogen (secondary N) is 1. The van der Waals surface area contributed by atoms with Crippen molar-refractivity contribution in [3.05, 3.63) is 65.6 Å². The summed E-state index contributed by atoms with van der Waals surface area (Å²) in [4.78, 5) is 21.6. The number of rotatable bonds is 2. The fourth-order valence-corrected chi connectivity index (χ4v) is 3.73. The Balaban J connectivity index is 1.67. The Morgan fingerprint density at radius 1 is 1.15 bits per heavy atom. The molecular weight excluding hydrogens is 342 g/mol. The zero-order chi connectivity index (χ0) is 18.4. The van der Waals surface area contributed by atoms with Crippen molar-refractivity contribution >= 4 is 11.7 Å². The van der Waals surface area contributed by atoms with Crippen molar-refractivity contribution in [3.63, 3.8) is 0 Å². The molecule has 3 aromatic rings. The van der Waals surface area contributed by atoms with Crippen LogP contribution in [0.15, 0.2) is 60.1 Å². The summed E-state index contributed by atoms with van der Waals surface area (Å²) in [7, 11) is 0. The van der Waals surface area contributed by atoms with E-state index in [0.29, 0.717) is 18.2 Å². The number of Topliss-reactive ketones (excluding diaryl/α,β-unsaturated/α-hetero) is 1. The second-order valence-corrected chi connectivity index (χ2v) is 6.73. The molecule has 2 aliphatic rings. The molecule has 7 nitrogen and oxygen atoms in total. The number of carbonyl (C=O) groups excluding carboxylic acids is 1. The predicted molar refractivity (Wildman–Crippen MR) is 99.0 cm³/mol. The second kappa shape index (κ2) is 6.05. The molecule has 0 saturated heterocycles. The van der Waals surface area contributed by atoms with Crippen molar-refractivity contribution in [1.29, 1.82) is 0 Å². The number of benzene rings is 1. The van der Waals surface area contributed by atoms with Gasteiger partial charge in [0, 0.05) is 35.6 Å². The van der Waals surface area contributed by atoms with E-state index in [9.17, 15) is 9.90 Å². The molecular formula is C20H17N5O2. The number of hydrogen-bond acceptors (Lipinski definition) is 6. The Morgan fingerprint density at radius 3 is 2.78 bits per heavy atom. The second-order valence-electron chi connectivity index (χ2n) is 6.73. The van der Waals surface area contributed by atoms with Gasteiger partial charge in [0.15, 0.2) is 11.6 Å². The van der Waals surface area contributed by atoms with Gasteiger partial charge in [-0.05, 0) is 48.7 Å². The number of ketones is 1. The number of allylic oxidation sites excluding steroid dienone is 2. The predicted octanol–water partition coefficient (Wildman–Crippen LogP) is 3.07. The lowest BCUT2D eigenvalue weighted by Crippen LogP contribution is -2.31. The molecule has 0 fully saturated rings. The van der Waals surface area contributed by atoms with E-state index in [4.69, 9.17) is 0 Å². The summed E-state index contributed by atoms with van der Waals surface area (Å²) in [5.41, 5.74) is 3.39. The Labute approximate surface area is 155 Å². The summed E-state index contributed by atoms with van der Waals surface area (Å²) in [5.74, 6) is 1.49. The van der Waals surface area contributed by atoms with Crippen LogP contribution in [0.4, 0.5) is 5.95 Å². The van der Waals surface area contributed by atoms with Gasteiger partial charge < -0.3 is 10.4 Å². The lowest BCUT2D eigenvalue weighted by atomic mass is 9.86. The molecule has 3 heterocycles. The van der Waals surface area contributed by atoms with E-state index in [1.165, 1.54) is 0 Å². The number of aromatic hydroxyl groups is 1. The first-order valence-corrected chi connectivity index (χ1v) is 8.90. The molecule has 0 saturated carbocycles. The first-order chi connectivity index (χ1) is 13.2. The summed E-state index contributed by atoms with van der Waals surface area (Å²) in [6, 6.07) is 10.2. The van der Waals surface area contributed by atoms with Crippen LogP contribution in [0.3, 0.4) is 0 Å². The fourth-order valence-electron chi connectivity index (χ4n) is 3.73. The molecule has 27 heavy (non-hydrogen) atoms. The molecule has 2 N–H and O–H groups in total. The van der Waals surface area contributed by atoms with Crippen molar-refractivity contribution < 1.29 is 9.90 Å². The monoisotopic (exact) mass is 359 g/mol. The Hall–Kier alpha value is -3.48. The third-order valence-electron chi connectivity index (χ3n) is 4.99. The highest BCUT2D eigenvalue weighted by Gasteiger charge is 2.36. The largest absolute Gasteiger partial charge is 0.508 e. The van der Waals surface area contributed by atoms with Gasteiger partial charge in [-0.25, -0.2) is 4.68 Å². The average molecular weight is 359 g/mol. The minimum absolute atomic E-state index is 0.143. The summed E-state index contributed by atoms with van der Waals surface area (Å²) >= 11 is 0. The van der Waals surface area contributed by atoms with E-state index in [1.54, 1.807) is 41.3 Å².